The first-order valence-corrected chi connectivity index (χ1v) is 15.3. The molecule has 1 aromatic carbocycles. The van der Waals surface area contributed by atoms with Crippen LogP contribution in [0.15, 0.2) is 35.4 Å². The van der Waals surface area contributed by atoms with Gasteiger partial charge in [0.05, 0.1) is 16.2 Å². The molecule has 0 spiro atoms. The second-order valence-corrected chi connectivity index (χ2v) is 13.8. The van der Waals surface area contributed by atoms with E-state index < -0.39 is 21.3 Å². The number of carbonyl (C=O) groups is 1. The summed E-state index contributed by atoms with van der Waals surface area (Å²) in [6.07, 6.45) is 7.22. The van der Waals surface area contributed by atoms with Crippen molar-refractivity contribution in [2.24, 2.45) is 17.8 Å². The Morgan fingerprint density at radius 3 is 2.53 bits per heavy atom. The van der Waals surface area contributed by atoms with Gasteiger partial charge in [0, 0.05) is 44.2 Å². The van der Waals surface area contributed by atoms with E-state index >= 15 is 0 Å². The number of rotatable bonds is 5. The average Bonchev–Trinajstić information content (AvgIpc) is 2.84. The molecule has 4 aliphatic carbocycles. The van der Waals surface area contributed by atoms with Gasteiger partial charge in [0.15, 0.2) is 9.84 Å². The molecule has 0 radical (unpaired) electrons. The van der Waals surface area contributed by atoms with Crippen molar-refractivity contribution in [3.05, 3.63) is 42.0 Å². The maximum Gasteiger partial charge on any atom is 0.270 e. The fourth-order valence-electron chi connectivity index (χ4n) is 7.50. The standard InChI is InChI=1S/C27H34FN5O4S/c1-16-15-32(23-4-3-20(11-21(23)28)38(2,36)37)7-8-33(16)26-29-6-5-22(30-26)25(34)31-24-18-9-17-10-19(24)14-27(35,12-17)13-18/h3-6,11,16-19,24,35H,7-10,12-15H2,1-2H3,(H,31,34)/t16-,17?,18?,19?,24-,27-/m1/s1. The molecule has 4 saturated carbocycles. The van der Waals surface area contributed by atoms with Crippen LogP contribution in [0.2, 0.25) is 0 Å². The number of nitrogens with one attached hydrogen (secondary N) is 1. The Morgan fingerprint density at radius 1 is 1.16 bits per heavy atom. The van der Waals surface area contributed by atoms with Gasteiger partial charge in [0.1, 0.15) is 11.5 Å². The molecule has 7 rings (SSSR count). The van der Waals surface area contributed by atoms with Gasteiger partial charge in [-0.2, -0.15) is 0 Å². The van der Waals surface area contributed by atoms with Crippen molar-refractivity contribution < 1.29 is 22.7 Å². The Kier molecular flexibility index (Phi) is 6.14. The van der Waals surface area contributed by atoms with Crippen molar-refractivity contribution in [2.75, 3.05) is 35.7 Å². The molecule has 38 heavy (non-hydrogen) atoms. The minimum absolute atomic E-state index is 0.0431. The first-order valence-electron chi connectivity index (χ1n) is 13.4. The number of anilines is 2. The minimum atomic E-state index is -3.48. The van der Waals surface area contributed by atoms with Gasteiger partial charge in [-0.1, -0.05) is 0 Å². The van der Waals surface area contributed by atoms with Crippen LogP contribution in [-0.4, -0.2) is 73.0 Å². The minimum Gasteiger partial charge on any atom is -0.390 e. The van der Waals surface area contributed by atoms with E-state index in [-0.39, 0.29) is 22.9 Å². The summed E-state index contributed by atoms with van der Waals surface area (Å²) in [5.41, 5.74) is 0.134. The maximum atomic E-state index is 14.8. The third kappa shape index (κ3) is 4.64. The zero-order chi connectivity index (χ0) is 26.8. The van der Waals surface area contributed by atoms with E-state index in [0.717, 1.165) is 44.4 Å². The number of hydrogen-bond acceptors (Lipinski definition) is 8. The predicted molar refractivity (Wildman–Crippen MR) is 140 cm³/mol. The Balaban J connectivity index is 1.13. The molecule has 5 fully saturated rings. The molecule has 1 saturated heterocycles. The van der Waals surface area contributed by atoms with Crippen LogP contribution >= 0.6 is 0 Å². The van der Waals surface area contributed by atoms with Crippen LogP contribution < -0.4 is 15.1 Å². The summed E-state index contributed by atoms with van der Waals surface area (Å²) in [6.45, 7) is 3.50. The molecule has 2 heterocycles. The quantitative estimate of drug-likeness (QED) is 0.591. The topological polar surface area (TPSA) is 116 Å². The van der Waals surface area contributed by atoms with E-state index in [4.69, 9.17) is 0 Å². The van der Waals surface area contributed by atoms with Crippen LogP contribution in [0.4, 0.5) is 16.0 Å². The van der Waals surface area contributed by atoms with Gasteiger partial charge in [-0.15, -0.1) is 0 Å². The van der Waals surface area contributed by atoms with Crippen LogP contribution in [0, 0.1) is 23.6 Å². The number of sulfone groups is 1. The summed E-state index contributed by atoms with van der Waals surface area (Å²) < 4.78 is 38.3. The fourth-order valence-corrected chi connectivity index (χ4v) is 8.14. The Bertz CT molecular complexity index is 1350. The Hall–Kier alpha value is -2.79. The zero-order valence-electron chi connectivity index (χ0n) is 21.7. The smallest absolute Gasteiger partial charge is 0.270 e. The van der Waals surface area contributed by atoms with Crippen molar-refractivity contribution >= 4 is 27.4 Å². The summed E-state index contributed by atoms with van der Waals surface area (Å²) in [6, 6.07) is 5.64. The number of benzene rings is 1. The summed E-state index contributed by atoms with van der Waals surface area (Å²) in [7, 11) is -3.48. The molecule has 4 bridgehead atoms. The molecule has 11 heteroatoms. The molecule has 3 atom stereocenters. The number of piperazine rings is 1. The largest absolute Gasteiger partial charge is 0.390 e. The van der Waals surface area contributed by atoms with Gasteiger partial charge in [0.25, 0.3) is 5.91 Å². The van der Waals surface area contributed by atoms with Gasteiger partial charge in [0.2, 0.25) is 5.95 Å². The highest BCUT2D eigenvalue weighted by Gasteiger charge is 2.55. The van der Waals surface area contributed by atoms with Gasteiger partial charge < -0.3 is 20.2 Å². The highest BCUT2D eigenvalue weighted by Crippen LogP contribution is 2.55. The number of aromatic nitrogens is 2. The SMILES string of the molecule is C[C@@H]1CN(c2ccc(S(C)(=O)=O)cc2F)CCN1c1nccc(C(=O)N[C@H]2C3CC4CC2C[C@](O)(C4)C3)n1. The molecule has 1 aromatic heterocycles. The highest BCUT2D eigenvalue weighted by molar-refractivity contribution is 7.90. The lowest BCUT2D eigenvalue weighted by atomic mass is 9.52. The van der Waals surface area contributed by atoms with Crippen molar-refractivity contribution in [2.45, 2.75) is 61.6 Å². The monoisotopic (exact) mass is 543 g/mol. The lowest BCUT2D eigenvalue weighted by Crippen LogP contribution is -2.61. The van der Waals surface area contributed by atoms with Gasteiger partial charge >= 0.3 is 0 Å². The molecular weight excluding hydrogens is 509 g/mol. The Labute approximate surface area is 222 Å². The van der Waals surface area contributed by atoms with E-state index in [1.807, 2.05) is 16.7 Å². The first kappa shape index (κ1) is 25.5. The summed E-state index contributed by atoms with van der Waals surface area (Å²) in [5, 5.41) is 14.1. The number of amides is 1. The highest BCUT2D eigenvalue weighted by atomic mass is 32.2. The van der Waals surface area contributed by atoms with Crippen LogP contribution in [0.3, 0.4) is 0 Å². The van der Waals surface area contributed by atoms with E-state index in [1.54, 1.807) is 12.3 Å². The maximum absolute atomic E-state index is 14.8. The number of nitrogens with zero attached hydrogens (tertiary/aromatic N) is 4. The van der Waals surface area contributed by atoms with Gasteiger partial charge in [-0.05, 0) is 81.0 Å². The van der Waals surface area contributed by atoms with Crippen LogP contribution in [0.25, 0.3) is 0 Å². The normalized spacial score (nSPS) is 32.5. The molecule has 204 valence electrons. The van der Waals surface area contributed by atoms with E-state index in [2.05, 4.69) is 15.3 Å². The van der Waals surface area contributed by atoms with Crippen LogP contribution in [-0.2, 0) is 9.84 Å². The molecular formula is C27H34FN5O4S. The van der Waals surface area contributed by atoms with E-state index in [1.165, 1.54) is 12.1 Å². The molecule has 5 aliphatic rings. The summed E-state index contributed by atoms with van der Waals surface area (Å²) >= 11 is 0. The zero-order valence-corrected chi connectivity index (χ0v) is 22.5. The lowest BCUT2D eigenvalue weighted by Gasteiger charge is -2.58. The van der Waals surface area contributed by atoms with Crippen molar-refractivity contribution in [3.63, 3.8) is 0 Å². The van der Waals surface area contributed by atoms with E-state index in [9.17, 15) is 22.7 Å². The molecule has 2 aromatic rings. The third-order valence-electron chi connectivity index (χ3n) is 8.99. The van der Waals surface area contributed by atoms with Crippen LogP contribution in [0.5, 0.6) is 0 Å². The predicted octanol–water partition coefficient (Wildman–Crippen LogP) is 2.40. The molecule has 1 amide bonds. The first-order chi connectivity index (χ1) is 18.0. The second-order valence-electron chi connectivity index (χ2n) is 11.8. The van der Waals surface area contributed by atoms with Gasteiger partial charge in [-0.3, -0.25) is 4.79 Å². The molecule has 1 aliphatic heterocycles. The lowest BCUT2D eigenvalue weighted by molar-refractivity contribution is -0.136. The average molecular weight is 544 g/mol. The number of aliphatic hydroxyl groups is 1. The molecule has 2 unspecified atom stereocenters. The summed E-state index contributed by atoms with van der Waals surface area (Å²) in [5.74, 6) is 0.880. The number of halogens is 1. The number of carbonyl (C=O) groups excluding carboxylic acids is 1. The van der Waals surface area contributed by atoms with Crippen molar-refractivity contribution in [1.82, 2.24) is 15.3 Å². The Morgan fingerprint density at radius 2 is 1.89 bits per heavy atom. The second kappa shape index (κ2) is 9.15. The van der Waals surface area contributed by atoms with Gasteiger partial charge in [-0.25, -0.2) is 22.8 Å². The third-order valence-corrected chi connectivity index (χ3v) is 10.1. The van der Waals surface area contributed by atoms with Crippen molar-refractivity contribution in [1.29, 1.82) is 0 Å². The fraction of sp³-hybridized carbons (Fsp3) is 0.593. The summed E-state index contributed by atoms with van der Waals surface area (Å²) in [4.78, 5) is 26.1. The van der Waals surface area contributed by atoms with E-state index in [0.29, 0.717) is 54.7 Å². The molecule has 9 nitrogen and oxygen atoms in total. The van der Waals surface area contributed by atoms with Crippen LogP contribution in [0.1, 0.15) is 49.5 Å². The molecule has 2 N–H and O–H groups in total. The number of hydrogen-bond donors (Lipinski definition) is 2. The van der Waals surface area contributed by atoms with Crippen molar-refractivity contribution in [3.8, 4) is 0 Å².